The van der Waals surface area contributed by atoms with Crippen molar-refractivity contribution in [2.24, 2.45) is 0 Å². The van der Waals surface area contributed by atoms with Crippen molar-refractivity contribution >= 4 is 54.3 Å². The average molecular weight is 574 g/mol. The summed E-state index contributed by atoms with van der Waals surface area (Å²) < 4.78 is 119. The highest BCUT2D eigenvalue weighted by Crippen LogP contribution is 2.41. The van der Waals surface area contributed by atoms with E-state index in [2.05, 4.69) is 0 Å². The standard InChI is InChI=1S/C43H28O/c1-2-10-28(11-3-1)24-40-34-12-4-6-15-38(34)43(39-16-7-5-13-35(39)40)33-21-20-29-25-30(18-19-31(29)26-33)32-22-23-37-36-14-8-9-17-41(36)44-42(37)27-32/h1-23,25-27H,24H2/i1D,2D,3D,4D,5D,6D,7D,10D,11D,12D,13D,15D,16D. The molecule has 1 nitrogen and oxygen atoms in total. The van der Waals surface area contributed by atoms with Gasteiger partial charge >= 0.3 is 0 Å². The van der Waals surface area contributed by atoms with Crippen LogP contribution in [-0.4, -0.2) is 0 Å². The Bertz CT molecular complexity index is 3150. The van der Waals surface area contributed by atoms with Crippen LogP contribution in [0.2, 0.25) is 0 Å². The first-order chi connectivity index (χ1) is 27.2. The van der Waals surface area contributed by atoms with Crippen LogP contribution >= 0.6 is 0 Å². The molecule has 0 N–H and O–H groups in total. The smallest absolute Gasteiger partial charge is 0.136 e. The Morgan fingerprint density at radius 3 is 1.77 bits per heavy atom. The Hall–Kier alpha value is -5.66. The van der Waals surface area contributed by atoms with Gasteiger partial charge in [0.1, 0.15) is 11.2 Å². The van der Waals surface area contributed by atoms with E-state index in [1.54, 1.807) is 6.07 Å². The molecule has 1 heteroatoms. The summed E-state index contributed by atoms with van der Waals surface area (Å²) >= 11 is 0. The van der Waals surface area contributed by atoms with Gasteiger partial charge in [0.2, 0.25) is 0 Å². The molecule has 0 unspecified atom stereocenters. The molecule has 206 valence electrons. The quantitative estimate of drug-likeness (QED) is 0.191. The van der Waals surface area contributed by atoms with Gasteiger partial charge in [0, 0.05) is 10.8 Å². The van der Waals surface area contributed by atoms with Gasteiger partial charge in [-0.25, -0.2) is 0 Å². The number of para-hydroxylation sites is 1. The van der Waals surface area contributed by atoms with Crippen LogP contribution < -0.4 is 0 Å². The Kier molecular flexibility index (Phi) is 3.44. The van der Waals surface area contributed by atoms with Gasteiger partial charge < -0.3 is 4.42 Å². The Morgan fingerprint density at radius 2 is 1.02 bits per heavy atom. The molecule has 0 aliphatic heterocycles. The molecule has 1 aromatic heterocycles. The van der Waals surface area contributed by atoms with Crippen molar-refractivity contribution in [2.45, 2.75) is 6.42 Å². The van der Waals surface area contributed by atoms with Crippen molar-refractivity contribution < 1.29 is 22.2 Å². The SMILES string of the molecule is [2H]c1c([2H])c([2H])c(Cc2c3c([2H])c([2H])c([2H])c([2H])c3c(-c3ccc4cc(-c5ccc6c(c5)oc5ccccc56)ccc4c3)c3c([2H])c([2H])c([2H])c([2H])c23)c([2H])c1[2H]. The second-order valence-electron chi connectivity index (χ2n) is 10.7. The van der Waals surface area contributed by atoms with E-state index in [9.17, 15) is 2.74 Å². The van der Waals surface area contributed by atoms with Gasteiger partial charge in [-0.15, -0.1) is 0 Å². The Morgan fingerprint density at radius 1 is 0.455 bits per heavy atom. The fraction of sp³-hybridized carbons (Fsp3) is 0.0233. The summed E-state index contributed by atoms with van der Waals surface area (Å²) in [6.45, 7) is 0. The lowest BCUT2D eigenvalue weighted by Crippen LogP contribution is -1.95. The first kappa shape index (κ1) is 15.2. The molecular weight excluding hydrogens is 532 g/mol. The zero-order chi connectivity index (χ0) is 40.3. The summed E-state index contributed by atoms with van der Waals surface area (Å²) in [6, 6.07) is 18.1. The number of furan rings is 1. The molecule has 0 amide bonds. The molecule has 0 atom stereocenters. The minimum Gasteiger partial charge on any atom is -0.456 e. The summed E-state index contributed by atoms with van der Waals surface area (Å²) in [5.41, 5.74) is 3.81. The van der Waals surface area contributed by atoms with Crippen molar-refractivity contribution in [3.8, 4) is 22.3 Å². The summed E-state index contributed by atoms with van der Waals surface area (Å²) in [7, 11) is 0. The third-order valence-corrected chi connectivity index (χ3v) is 8.22. The highest BCUT2D eigenvalue weighted by Gasteiger charge is 2.16. The van der Waals surface area contributed by atoms with E-state index in [0.29, 0.717) is 5.56 Å². The molecule has 0 aliphatic rings. The summed E-state index contributed by atoms with van der Waals surface area (Å²) in [5, 5.41) is 3.46. The van der Waals surface area contributed by atoms with Crippen molar-refractivity contribution in [3.63, 3.8) is 0 Å². The molecular formula is C43H28O. The van der Waals surface area contributed by atoms with Crippen LogP contribution in [-0.2, 0) is 6.42 Å². The van der Waals surface area contributed by atoms with Crippen LogP contribution in [0.5, 0.6) is 0 Å². The Balaban J connectivity index is 1.32. The van der Waals surface area contributed by atoms with E-state index in [1.807, 2.05) is 72.8 Å². The summed E-state index contributed by atoms with van der Waals surface area (Å²) in [5.74, 6) is 0. The molecule has 44 heavy (non-hydrogen) atoms. The van der Waals surface area contributed by atoms with Gasteiger partial charge in [0.05, 0.1) is 17.8 Å². The van der Waals surface area contributed by atoms with Crippen LogP contribution in [0.1, 0.15) is 28.9 Å². The lowest BCUT2D eigenvalue weighted by molar-refractivity contribution is 0.669. The van der Waals surface area contributed by atoms with Gasteiger partial charge in [-0.2, -0.15) is 0 Å². The van der Waals surface area contributed by atoms with E-state index < -0.39 is 85.0 Å². The molecule has 8 aromatic carbocycles. The highest BCUT2D eigenvalue weighted by atomic mass is 16.3. The van der Waals surface area contributed by atoms with Crippen molar-refractivity contribution in [1.29, 1.82) is 0 Å². The zero-order valence-electron chi connectivity index (χ0n) is 36.1. The van der Waals surface area contributed by atoms with E-state index in [4.69, 9.17) is 19.5 Å². The van der Waals surface area contributed by atoms with Gasteiger partial charge in [-0.05, 0) is 102 Å². The van der Waals surface area contributed by atoms with Crippen LogP contribution in [0.3, 0.4) is 0 Å². The van der Waals surface area contributed by atoms with Gasteiger partial charge in [-0.3, -0.25) is 0 Å². The number of rotatable bonds is 4. The van der Waals surface area contributed by atoms with Gasteiger partial charge in [0.25, 0.3) is 0 Å². The third-order valence-electron chi connectivity index (χ3n) is 8.22. The van der Waals surface area contributed by atoms with Crippen molar-refractivity contribution in [2.75, 3.05) is 0 Å². The normalized spacial score (nSPS) is 15.9. The van der Waals surface area contributed by atoms with Crippen LogP contribution in [0.25, 0.3) is 76.5 Å². The highest BCUT2D eigenvalue weighted by molar-refractivity contribution is 6.16. The Labute approximate surface area is 273 Å². The molecule has 1 heterocycles. The molecule has 0 bridgehead atoms. The molecule has 9 rings (SSSR count). The molecule has 0 radical (unpaired) electrons. The van der Waals surface area contributed by atoms with E-state index in [0.717, 1.165) is 43.8 Å². The van der Waals surface area contributed by atoms with E-state index in [1.165, 1.54) is 0 Å². The molecule has 0 saturated carbocycles. The largest absolute Gasteiger partial charge is 0.456 e. The lowest BCUT2D eigenvalue weighted by Gasteiger charge is -2.18. The minimum atomic E-state index is -0.613. The van der Waals surface area contributed by atoms with E-state index in [-0.39, 0.29) is 38.2 Å². The first-order valence-electron chi connectivity index (χ1n) is 20.7. The van der Waals surface area contributed by atoms with Crippen LogP contribution in [0.15, 0.2) is 162 Å². The minimum absolute atomic E-state index is 0.00636. The maximum absolute atomic E-state index is 9.20. The predicted molar refractivity (Wildman–Crippen MR) is 186 cm³/mol. The molecule has 0 fully saturated rings. The van der Waals surface area contributed by atoms with Gasteiger partial charge in [-0.1, -0.05) is 127 Å². The fourth-order valence-electron chi connectivity index (χ4n) is 6.20. The van der Waals surface area contributed by atoms with Gasteiger partial charge in [0.15, 0.2) is 0 Å². The van der Waals surface area contributed by atoms with E-state index >= 15 is 0 Å². The fourth-order valence-corrected chi connectivity index (χ4v) is 6.20. The van der Waals surface area contributed by atoms with Crippen LogP contribution in [0, 0.1) is 0 Å². The number of benzene rings is 8. The molecule has 0 aliphatic carbocycles. The molecule has 0 saturated heterocycles. The molecule has 0 spiro atoms. The maximum Gasteiger partial charge on any atom is 0.136 e. The van der Waals surface area contributed by atoms with Crippen molar-refractivity contribution in [3.05, 3.63) is 169 Å². The summed E-state index contributed by atoms with van der Waals surface area (Å²) in [6.07, 6.45) is -0.479. The third kappa shape index (κ3) is 4.01. The maximum atomic E-state index is 9.20. The topological polar surface area (TPSA) is 13.1 Å². The van der Waals surface area contributed by atoms with Crippen LogP contribution in [0.4, 0.5) is 0 Å². The predicted octanol–water partition coefficient (Wildman–Crippen LogP) is 12.0. The second kappa shape index (κ2) is 9.97. The number of hydrogen-bond acceptors (Lipinski definition) is 1. The average Bonchev–Trinajstić information content (AvgIpc) is 3.60. The second-order valence-corrected chi connectivity index (χ2v) is 10.7. The lowest BCUT2D eigenvalue weighted by atomic mass is 9.86. The zero-order valence-corrected chi connectivity index (χ0v) is 23.1. The number of hydrogen-bond donors (Lipinski definition) is 0. The first-order valence-corrected chi connectivity index (χ1v) is 14.2. The summed E-state index contributed by atoms with van der Waals surface area (Å²) in [4.78, 5) is 0. The number of fused-ring (bicyclic) bond motifs is 6. The molecule has 9 aromatic rings. The monoisotopic (exact) mass is 573 g/mol. The van der Waals surface area contributed by atoms with Crippen molar-refractivity contribution in [1.82, 2.24) is 0 Å².